The van der Waals surface area contributed by atoms with E-state index in [1.807, 2.05) is 0 Å². The normalized spacial score (nSPS) is 11.1. The molecule has 0 saturated carbocycles. The number of carbonyl (C=O) groups excluding carboxylic acids is 2. The highest BCUT2D eigenvalue weighted by molar-refractivity contribution is 6.10. The topological polar surface area (TPSA) is 82.1 Å². The molecule has 0 aromatic heterocycles. The second-order valence-electron chi connectivity index (χ2n) is 6.51. The summed E-state index contributed by atoms with van der Waals surface area (Å²) in [7, 11) is 2.92. The van der Waals surface area contributed by atoms with Gasteiger partial charge >= 0.3 is 0 Å². The van der Waals surface area contributed by atoms with Gasteiger partial charge in [-0.25, -0.2) is 0 Å². The minimum absolute atomic E-state index is 0.00211. The molecule has 2 rings (SSSR count). The van der Waals surface area contributed by atoms with Gasteiger partial charge in [-0.2, -0.15) is 0 Å². The van der Waals surface area contributed by atoms with Crippen LogP contribution in [0.15, 0.2) is 48.6 Å². The molecule has 164 valence electrons. The number of rotatable bonds is 12. The second kappa shape index (κ2) is 12.2. The first-order chi connectivity index (χ1) is 15.0. The number of methoxy groups -OCH3 is 2. The van der Waals surface area contributed by atoms with Gasteiger partial charge in [0.2, 0.25) is 0 Å². The summed E-state index contributed by atoms with van der Waals surface area (Å²) >= 11 is 0. The van der Waals surface area contributed by atoms with Crippen LogP contribution in [-0.2, 0) is 9.59 Å². The van der Waals surface area contributed by atoms with E-state index in [0.29, 0.717) is 34.8 Å². The van der Waals surface area contributed by atoms with Crippen LogP contribution in [0.4, 0.5) is 4.39 Å². The van der Waals surface area contributed by atoms with Gasteiger partial charge in [0.05, 0.1) is 33.9 Å². The van der Waals surface area contributed by atoms with Crippen molar-refractivity contribution < 1.29 is 33.3 Å². The Morgan fingerprint density at radius 1 is 0.903 bits per heavy atom. The molecule has 0 unspecified atom stereocenters. The van der Waals surface area contributed by atoms with E-state index in [0.717, 1.165) is 0 Å². The van der Waals surface area contributed by atoms with Gasteiger partial charge in [-0.3, -0.25) is 14.0 Å². The van der Waals surface area contributed by atoms with Crippen molar-refractivity contribution in [1.29, 1.82) is 0 Å². The average molecular weight is 427 g/mol. The van der Waals surface area contributed by atoms with E-state index in [1.54, 1.807) is 42.5 Å². The lowest BCUT2D eigenvalue weighted by atomic mass is 10.1. The van der Waals surface area contributed by atoms with Crippen LogP contribution in [0.3, 0.4) is 0 Å². The summed E-state index contributed by atoms with van der Waals surface area (Å²) in [6, 6.07) is 9.77. The third-order valence-electron chi connectivity index (χ3n) is 4.20. The summed E-state index contributed by atoms with van der Waals surface area (Å²) in [6.07, 6.45) is 5.79. The molecule has 2 aromatic carbocycles. The van der Waals surface area contributed by atoms with E-state index < -0.39 is 6.67 Å². The number of allylic oxidation sites excluding steroid dienone is 2. The highest BCUT2D eigenvalue weighted by Crippen LogP contribution is 2.29. The Morgan fingerprint density at radius 3 is 2.06 bits per heavy atom. The average Bonchev–Trinajstić information content (AvgIpc) is 2.77. The number of ether oxygens (including phenoxy) is 3. The van der Waals surface area contributed by atoms with E-state index in [4.69, 9.17) is 14.2 Å². The maximum atomic E-state index is 12.2. The van der Waals surface area contributed by atoms with E-state index in [1.165, 1.54) is 32.4 Å². The van der Waals surface area contributed by atoms with Gasteiger partial charge < -0.3 is 19.3 Å². The lowest BCUT2D eigenvalue weighted by Gasteiger charge is -2.10. The molecule has 2 aromatic rings. The van der Waals surface area contributed by atoms with E-state index in [9.17, 15) is 19.1 Å². The number of carbonyl (C=O) groups is 2. The molecule has 0 bridgehead atoms. The van der Waals surface area contributed by atoms with Crippen molar-refractivity contribution in [1.82, 2.24) is 0 Å². The molecule has 0 saturated heterocycles. The predicted octanol–water partition coefficient (Wildman–Crippen LogP) is 4.40. The standard InChI is InChI=1S/C24H25FO6/c1-29-23-14-17(6-10-21(23)28)4-8-19(26)16-20(27)9-5-18-7-11-22(24(15-18)30-2)31-13-3-12-25/h4-11,14-15,28H,3,12-13,16H2,1-2H3/b8-4+,9-5+/i25-1. The number of hydrogen-bond acceptors (Lipinski definition) is 6. The molecule has 6 nitrogen and oxygen atoms in total. The number of halogens is 1. The molecule has 0 aliphatic rings. The maximum Gasteiger partial charge on any atom is 0.163 e. The number of benzene rings is 2. The number of phenolic OH excluding ortho intramolecular Hbond substituents is 1. The van der Waals surface area contributed by atoms with E-state index >= 15 is 0 Å². The van der Waals surface area contributed by atoms with Crippen LogP contribution in [0.5, 0.6) is 23.0 Å². The molecule has 0 atom stereocenters. The molecular formula is C24H25FO6. The Balaban J connectivity index is 1.94. The summed E-state index contributed by atoms with van der Waals surface area (Å²) in [4.78, 5) is 24.1. The van der Waals surface area contributed by atoms with Crippen molar-refractivity contribution >= 4 is 23.7 Å². The van der Waals surface area contributed by atoms with Gasteiger partial charge in [-0.1, -0.05) is 24.3 Å². The van der Waals surface area contributed by atoms with Gasteiger partial charge in [0.1, 0.15) is 0 Å². The Bertz CT molecular complexity index is 965. The van der Waals surface area contributed by atoms with Gasteiger partial charge in [0.25, 0.3) is 0 Å². The van der Waals surface area contributed by atoms with E-state index in [2.05, 4.69) is 0 Å². The number of phenols is 1. The SMILES string of the molecule is COc1cc(/C=C/C(=O)CC(=O)/C=C/c2ccc(OCCC[18F])c(OC)c2)ccc1O. The second-order valence-corrected chi connectivity index (χ2v) is 6.51. The zero-order valence-electron chi connectivity index (χ0n) is 17.5. The highest BCUT2D eigenvalue weighted by Gasteiger charge is 2.07. The Hall–Kier alpha value is -3.61. The predicted molar refractivity (Wildman–Crippen MR) is 116 cm³/mol. The van der Waals surface area contributed by atoms with Gasteiger partial charge in [-0.05, 0) is 47.5 Å². The maximum absolute atomic E-state index is 12.2. The minimum Gasteiger partial charge on any atom is -0.504 e. The summed E-state index contributed by atoms with van der Waals surface area (Å²) in [5.41, 5.74) is 1.36. The first-order valence-corrected chi connectivity index (χ1v) is 9.62. The molecule has 0 heterocycles. The monoisotopic (exact) mass is 427 g/mol. The molecular weight excluding hydrogens is 402 g/mol. The number of alkyl halides is 1. The van der Waals surface area contributed by atoms with Gasteiger partial charge in [0.15, 0.2) is 34.6 Å². The quantitative estimate of drug-likeness (QED) is 0.307. The molecule has 0 aliphatic heterocycles. The summed E-state index contributed by atoms with van der Waals surface area (Å²) in [5, 5.41) is 9.58. The number of aromatic hydroxyl groups is 1. The smallest absolute Gasteiger partial charge is 0.163 e. The molecule has 7 heteroatoms. The van der Waals surface area contributed by atoms with Crippen molar-refractivity contribution in [2.45, 2.75) is 12.8 Å². The minimum atomic E-state index is -0.456. The largest absolute Gasteiger partial charge is 0.504 e. The van der Waals surface area contributed by atoms with Crippen molar-refractivity contribution in [2.75, 3.05) is 27.5 Å². The zero-order valence-corrected chi connectivity index (χ0v) is 17.5. The van der Waals surface area contributed by atoms with E-state index in [-0.39, 0.29) is 30.3 Å². The number of ketones is 2. The van der Waals surface area contributed by atoms with Crippen molar-refractivity contribution in [3.63, 3.8) is 0 Å². The van der Waals surface area contributed by atoms with Crippen LogP contribution in [0.25, 0.3) is 12.2 Å². The lowest BCUT2D eigenvalue weighted by Crippen LogP contribution is -2.02. The zero-order chi connectivity index (χ0) is 22.6. The lowest BCUT2D eigenvalue weighted by molar-refractivity contribution is -0.121. The fourth-order valence-electron chi connectivity index (χ4n) is 2.61. The van der Waals surface area contributed by atoms with Crippen LogP contribution < -0.4 is 14.2 Å². The van der Waals surface area contributed by atoms with Crippen LogP contribution in [0.1, 0.15) is 24.0 Å². The summed E-state index contributed by atoms with van der Waals surface area (Å²) < 4.78 is 27.9. The van der Waals surface area contributed by atoms with Crippen molar-refractivity contribution in [3.05, 3.63) is 59.7 Å². The molecule has 0 fully saturated rings. The summed E-state index contributed by atoms with van der Waals surface area (Å²) in [5.74, 6) is 0.559. The molecule has 31 heavy (non-hydrogen) atoms. The van der Waals surface area contributed by atoms with Crippen molar-refractivity contribution in [2.24, 2.45) is 0 Å². The van der Waals surface area contributed by atoms with Crippen LogP contribution in [0, 0.1) is 0 Å². The fourth-order valence-corrected chi connectivity index (χ4v) is 2.61. The first-order valence-electron chi connectivity index (χ1n) is 9.62. The van der Waals surface area contributed by atoms with Crippen LogP contribution in [-0.4, -0.2) is 44.2 Å². The van der Waals surface area contributed by atoms with Crippen LogP contribution >= 0.6 is 0 Å². The molecule has 0 radical (unpaired) electrons. The van der Waals surface area contributed by atoms with Crippen LogP contribution in [0.2, 0.25) is 0 Å². The first kappa shape index (κ1) is 23.7. The third kappa shape index (κ3) is 7.62. The molecule has 0 amide bonds. The van der Waals surface area contributed by atoms with Crippen molar-refractivity contribution in [3.8, 4) is 23.0 Å². The Labute approximate surface area is 180 Å². The highest BCUT2D eigenvalue weighted by atomic mass is 18.2. The molecule has 0 spiro atoms. The van der Waals surface area contributed by atoms with Gasteiger partial charge in [-0.15, -0.1) is 0 Å². The fraction of sp³-hybridized carbons (Fsp3) is 0.250. The Morgan fingerprint density at radius 2 is 1.48 bits per heavy atom. The molecule has 0 aliphatic carbocycles. The van der Waals surface area contributed by atoms with Gasteiger partial charge in [0, 0.05) is 6.42 Å². The Kier molecular flexibility index (Phi) is 9.29. The number of hydrogen-bond donors (Lipinski definition) is 1. The summed E-state index contributed by atoms with van der Waals surface area (Å²) in [6.45, 7) is -0.213. The third-order valence-corrected chi connectivity index (χ3v) is 4.20. The molecule has 1 N–H and O–H groups in total.